The van der Waals surface area contributed by atoms with Gasteiger partial charge in [0.2, 0.25) is 5.91 Å². The largest absolute Gasteiger partial charge is 0.341 e. The molecule has 0 N–H and O–H groups in total. The molecule has 0 aliphatic carbocycles. The summed E-state index contributed by atoms with van der Waals surface area (Å²) >= 11 is 6.41. The highest BCUT2D eigenvalue weighted by atomic mass is 79.9. The van der Waals surface area contributed by atoms with E-state index >= 15 is 0 Å². The van der Waals surface area contributed by atoms with E-state index in [9.17, 15) is 4.79 Å². The van der Waals surface area contributed by atoms with Crippen LogP contribution in [0.15, 0.2) is 0 Å². The number of halogens is 2. The predicted octanol–water partition coefficient (Wildman–Crippen LogP) is 2.75. The lowest BCUT2D eigenvalue weighted by Crippen LogP contribution is -2.35. The van der Waals surface area contributed by atoms with E-state index in [0.29, 0.717) is 0 Å². The Kier molecular flexibility index (Phi) is 7.14. The predicted molar refractivity (Wildman–Crippen MR) is 58.8 cm³/mol. The number of carbonyl (C=O) groups is 1. The molecule has 0 unspecified atom stereocenters. The standard InChI is InChI=1S/C8H15Br2NO/c1-3-5-11(6-4-2)8(12)7(9)10/h7H,3-6H2,1-2H3. The van der Waals surface area contributed by atoms with Crippen LogP contribution in [0.5, 0.6) is 0 Å². The van der Waals surface area contributed by atoms with Crippen molar-refractivity contribution in [1.29, 1.82) is 0 Å². The van der Waals surface area contributed by atoms with Crippen LogP contribution < -0.4 is 0 Å². The minimum Gasteiger partial charge on any atom is -0.341 e. The van der Waals surface area contributed by atoms with Crippen molar-refractivity contribution < 1.29 is 4.79 Å². The first-order valence-corrected chi connectivity index (χ1v) is 6.03. The van der Waals surface area contributed by atoms with Gasteiger partial charge in [-0.3, -0.25) is 4.79 Å². The smallest absolute Gasteiger partial charge is 0.247 e. The van der Waals surface area contributed by atoms with Crippen molar-refractivity contribution in [2.24, 2.45) is 0 Å². The Bertz CT molecular complexity index is 133. The molecule has 0 saturated carbocycles. The van der Waals surface area contributed by atoms with Gasteiger partial charge in [0.05, 0.1) is 0 Å². The van der Waals surface area contributed by atoms with Gasteiger partial charge >= 0.3 is 0 Å². The third kappa shape index (κ3) is 4.45. The summed E-state index contributed by atoms with van der Waals surface area (Å²) in [6.07, 6.45) is 2.02. The maximum atomic E-state index is 11.5. The average molecular weight is 301 g/mol. The Labute approximate surface area is 91.0 Å². The van der Waals surface area contributed by atoms with Crippen LogP contribution in [-0.2, 0) is 4.79 Å². The molecule has 0 aromatic carbocycles. The summed E-state index contributed by atoms with van der Waals surface area (Å²) < 4.78 is -0.233. The summed E-state index contributed by atoms with van der Waals surface area (Å²) in [7, 11) is 0. The van der Waals surface area contributed by atoms with Gasteiger partial charge in [0.1, 0.15) is 3.74 Å². The Morgan fingerprint density at radius 1 is 1.25 bits per heavy atom. The van der Waals surface area contributed by atoms with Gasteiger partial charge in [0, 0.05) is 13.1 Å². The van der Waals surface area contributed by atoms with Crippen LogP contribution in [-0.4, -0.2) is 27.6 Å². The van der Waals surface area contributed by atoms with Crippen molar-refractivity contribution in [1.82, 2.24) is 4.90 Å². The van der Waals surface area contributed by atoms with Crippen LogP contribution in [0, 0.1) is 0 Å². The molecule has 0 heterocycles. The van der Waals surface area contributed by atoms with Crippen LogP contribution in [0.1, 0.15) is 26.7 Å². The van der Waals surface area contributed by atoms with Crippen LogP contribution in [0.4, 0.5) is 0 Å². The molecule has 0 aromatic heterocycles. The minimum atomic E-state index is -0.233. The Morgan fingerprint density at radius 2 is 1.67 bits per heavy atom. The zero-order valence-electron chi connectivity index (χ0n) is 7.52. The fourth-order valence-electron chi connectivity index (χ4n) is 1.01. The van der Waals surface area contributed by atoms with E-state index in [0.717, 1.165) is 25.9 Å². The van der Waals surface area contributed by atoms with E-state index in [4.69, 9.17) is 0 Å². The van der Waals surface area contributed by atoms with Crippen LogP contribution in [0.2, 0.25) is 0 Å². The number of hydrogen-bond acceptors (Lipinski definition) is 1. The Hall–Kier alpha value is 0.430. The van der Waals surface area contributed by atoms with Crippen molar-refractivity contribution in [2.75, 3.05) is 13.1 Å². The Balaban J connectivity index is 3.99. The van der Waals surface area contributed by atoms with E-state index < -0.39 is 0 Å². The molecule has 72 valence electrons. The molecule has 1 amide bonds. The summed E-state index contributed by atoms with van der Waals surface area (Å²) in [4.78, 5) is 13.3. The topological polar surface area (TPSA) is 20.3 Å². The average Bonchev–Trinajstić information content (AvgIpc) is 2.03. The summed E-state index contributed by atoms with van der Waals surface area (Å²) in [5, 5.41) is 0. The molecule has 0 bridgehead atoms. The molecule has 0 saturated heterocycles. The van der Waals surface area contributed by atoms with Gasteiger partial charge < -0.3 is 4.90 Å². The minimum absolute atomic E-state index is 0.124. The van der Waals surface area contributed by atoms with Crippen molar-refractivity contribution in [3.8, 4) is 0 Å². The zero-order chi connectivity index (χ0) is 9.56. The maximum Gasteiger partial charge on any atom is 0.247 e. The van der Waals surface area contributed by atoms with Crippen LogP contribution >= 0.6 is 31.9 Å². The third-order valence-electron chi connectivity index (χ3n) is 1.49. The van der Waals surface area contributed by atoms with E-state index in [1.165, 1.54) is 0 Å². The zero-order valence-corrected chi connectivity index (χ0v) is 10.7. The number of hydrogen-bond donors (Lipinski definition) is 0. The van der Waals surface area contributed by atoms with Gasteiger partial charge in [-0.15, -0.1) is 0 Å². The van der Waals surface area contributed by atoms with Gasteiger partial charge in [-0.05, 0) is 12.8 Å². The molecular weight excluding hydrogens is 286 g/mol. The maximum absolute atomic E-state index is 11.5. The SMILES string of the molecule is CCCN(CCC)C(=O)C(Br)Br. The monoisotopic (exact) mass is 299 g/mol. The number of alkyl halides is 2. The molecule has 0 atom stereocenters. The van der Waals surface area contributed by atoms with E-state index in [1.807, 2.05) is 4.90 Å². The highest BCUT2D eigenvalue weighted by molar-refractivity contribution is 9.25. The first-order chi connectivity index (χ1) is 5.63. The van der Waals surface area contributed by atoms with Gasteiger partial charge in [-0.25, -0.2) is 0 Å². The van der Waals surface area contributed by atoms with Gasteiger partial charge in [0.25, 0.3) is 0 Å². The van der Waals surface area contributed by atoms with Crippen molar-refractivity contribution in [3.63, 3.8) is 0 Å². The van der Waals surface area contributed by atoms with Crippen LogP contribution in [0.25, 0.3) is 0 Å². The normalized spacial score (nSPS) is 10.4. The second kappa shape index (κ2) is 6.89. The molecule has 0 fully saturated rings. The van der Waals surface area contributed by atoms with Crippen LogP contribution in [0.3, 0.4) is 0 Å². The second-order valence-electron chi connectivity index (χ2n) is 2.63. The van der Waals surface area contributed by atoms with Gasteiger partial charge in [0.15, 0.2) is 0 Å². The van der Waals surface area contributed by atoms with Gasteiger partial charge in [-0.2, -0.15) is 0 Å². The van der Waals surface area contributed by atoms with E-state index in [2.05, 4.69) is 45.7 Å². The first kappa shape index (κ1) is 12.4. The summed E-state index contributed by atoms with van der Waals surface area (Å²) in [5.41, 5.74) is 0. The number of amides is 1. The van der Waals surface area contributed by atoms with Crippen molar-refractivity contribution >= 4 is 37.8 Å². The summed E-state index contributed by atoms with van der Waals surface area (Å²) in [6, 6.07) is 0. The molecule has 0 aliphatic rings. The molecule has 0 aliphatic heterocycles. The quantitative estimate of drug-likeness (QED) is 0.715. The molecular formula is C8H15Br2NO. The number of rotatable bonds is 5. The Morgan fingerprint density at radius 3 is 1.92 bits per heavy atom. The molecule has 0 spiro atoms. The summed E-state index contributed by atoms with van der Waals surface area (Å²) in [6.45, 7) is 5.85. The first-order valence-electron chi connectivity index (χ1n) is 4.20. The fourth-order valence-corrected chi connectivity index (χ4v) is 1.59. The lowest BCUT2D eigenvalue weighted by molar-refractivity contribution is -0.128. The van der Waals surface area contributed by atoms with Crippen molar-refractivity contribution in [3.05, 3.63) is 0 Å². The van der Waals surface area contributed by atoms with Gasteiger partial charge in [-0.1, -0.05) is 45.7 Å². The highest BCUT2D eigenvalue weighted by Crippen LogP contribution is 2.12. The van der Waals surface area contributed by atoms with E-state index in [-0.39, 0.29) is 9.64 Å². The van der Waals surface area contributed by atoms with Crippen molar-refractivity contribution in [2.45, 2.75) is 30.4 Å². The summed E-state index contributed by atoms with van der Waals surface area (Å²) in [5.74, 6) is 0.124. The molecule has 2 nitrogen and oxygen atoms in total. The number of carbonyl (C=O) groups excluding carboxylic acids is 1. The molecule has 0 rings (SSSR count). The lowest BCUT2D eigenvalue weighted by atomic mass is 10.3. The molecule has 0 aromatic rings. The molecule has 4 heteroatoms. The number of nitrogens with zero attached hydrogens (tertiary/aromatic N) is 1. The second-order valence-corrected chi connectivity index (χ2v) is 5.69. The molecule has 12 heavy (non-hydrogen) atoms. The lowest BCUT2D eigenvalue weighted by Gasteiger charge is -2.21. The fraction of sp³-hybridized carbons (Fsp3) is 0.875. The molecule has 0 radical (unpaired) electrons. The highest BCUT2D eigenvalue weighted by Gasteiger charge is 2.17. The van der Waals surface area contributed by atoms with E-state index in [1.54, 1.807) is 0 Å². The third-order valence-corrected chi connectivity index (χ3v) is 2.27.